The Bertz CT molecular complexity index is 367. The van der Waals surface area contributed by atoms with Crippen LogP contribution in [0.4, 0.5) is 4.39 Å². The quantitative estimate of drug-likeness (QED) is 0.867. The second-order valence-corrected chi connectivity index (χ2v) is 5.04. The van der Waals surface area contributed by atoms with Crippen molar-refractivity contribution < 1.29 is 4.39 Å². The molecule has 1 saturated carbocycles. The number of halogens is 1. The molecule has 1 N–H and O–H groups in total. The van der Waals surface area contributed by atoms with Crippen molar-refractivity contribution >= 4 is 0 Å². The summed E-state index contributed by atoms with van der Waals surface area (Å²) < 4.78 is 13.3. The lowest BCUT2D eigenvalue weighted by Crippen LogP contribution is -2.29. The van der Waals surface area contributed by atoms with E-state index >= 15 is 0 Å². The second-order valence-electron chi connectivity index (χ2n) is 5.04. The van der Waals surface area contributed by atoms with E-state index in [1.54, 1.807) is 12.3 Å². The van der Waals surface area contributed by atoms with Crippen molar-refractivity contribution in [3.05, 3.63) is 29.8 Å². The Morgan fingerprint density at radius 2 is 2.29 bits per heavy atom. The van der Waals surface area contributed by atoms with Gasteiger partial charge in [0.15, 0.2) is 0 Å². The lowest BCUT2D eigenvalue weighted by Gasteiger charge is -2.28. The number of rotatable bonds is 4. The normalized spacial score (nSPS) is 26.1. The predicted octanol–water partition coefficient (Wildman–Crippen LogP) is 3.31. The maximum atomic E-state index is 13.3. The first kappa shape index (κ1) is 12.5. The zero-order valence-electron chi connectivity index (χ0n) is 10.6. The number of hydrogen-bond acceptors (Lipinski definition) is 2. The number of pyridine rings is 1. The van der Waals surface area contributed by atoms with Gasteiger partial charge in [-0.3, -0.25) is 4.98 Å². The lowest BCUT2D eigenvalue weighted by atomic mass is 9.86. The van der Waals surface area contributed by atoms with Gasteiger partial charge in [-0.2, -0.15) is 0 Å². The van der Waals surface area contributed by atoms with Crippen LogP contribution in [0.3, 0.4) is 0 Å². The molecular weight excluding hydrogens is 215 g/mol. The van der Waals surface area contributed by atoms with Gasteiger partial charge in [-0.25, -0.2) is 4.39 Å². The van der Waals surface area contributed by atoms with Crippen LogP contribution in [-0.4, -0.2) is 11.5 Å². The van der Waals surface area contributed by atoms with Gasteiger partial charge in [0.25, 0.3) is 0 Å². The molecule has 0 bridgehead atoms. The van der Waals surface area contributed by atoms with Gasteiger partial charge in [-0.1, -0.05) is 26.7 Å². The number of hydrogen-bond donors (Lipinski definition) is 1. The molecule has 0 radical (unpaired) electrons. The van der Waals surface area contributed by atoms with E-state index in [1.807, 2.05) is 0 Å². The van der Waals surface area contributed by atoms with Gasteiger partial charge in [0.2, 0.25) is 0 Å². The summed E-state index contributed by atoms with van der Waals surface area (Å²) in [4.78, 5) is 3.97. The van der Waals surface area contributed by atoms with Gasteiger partial charge in [0, 0.05) is 12.2 Å². The van der Waals surface area contributed by atoms with Crippen molar-refractivity contribution in [2.45, 2.75) is 39.2 Å². The molecule has 94 valence electrons. The Kier molecular flexibility index (Phi) is 4.11. The molecule has 0 aromatic carbocycles. The van der Waals surface area contributed by atoms with Crippen LogP contribution in [0.15, 0.2) is 18.5 Å². The summed E-state index contributed by atoms with van der Waals surface area (Å²) in [6, 6.07) is 1.87. The molecule has 3 heteroatoms. The average Bonchev–Trinajstić information content (AvgIpc) is 2.72. The van der Waals surface area contributed by atoms with Crippen LogP contribution in [0.2, 0.25) is 0 Å². The molecule has 17 heavy (non-hydrogen) atoms. The molecule has 3 unspecified atom stereocenters. The van der Waals surface area contributed by atoms with E-state index in [-0.39, 0.29) is 11.9 Å². The van der Waals surface area contributed by atoms with Gasteiger partial charge in [-0.15, -0.1) is 0 Å². The Balaban J connectivity index is 2.22. The Morgan fingerprint density at radius 3 is 2.88 bits per heavy atom. The molecule has 1 aliphatic rings. The number of nitrogens with zero attached hydrogens (tertiary/aromatic N) is 1. The molecule has 0 spiro atoms. The Hall–Kier alpha value is -0.960. The van der Waals surface area contributed by atoms with Gasteiger partial charge in [-0.05, 0) is 36.4 Å². The Labute approximate surface area is 103 Å². The molecule has 2 rings (SSSR count). The highest BCUT2D eigenvalue weighted by atomic mass is 19.1. The summed E-state index contributed by atoms with van der Waals surface area (Å²) in [6.45, 7) is 5.30. The molecule has 0 amide bonds. The molecule has 1 aromatic rings. The lowest BCUT2D eigenvalue weighted by molar-refractivity contribution is 0.304. The first-order valence-electron chi connectivity index (χ1n) is 6.56. The molecule has 2 nitrogen and oxygen atoms in total. The molecule has 0 saturated heterocycles. The monoisotopic (exact) mass is 236 g/mol. The van der Waals surface area contributed by atoms with Crippen LogP contribution in [0.1, 0.15) is 44.7 Å². The maximum Gasteiger partial charge on any atom is 0.141 e. The van der Waals surface area contributed by atoms with Gasteiger partial charge < -0.3 is 5.32 Å². The van der Waals surface area contributed by atoms with Gasteiger partial charge in [0.05, 0.1) is 6.20 Å². The van der Waals surface area contributed by atoms with Crippen LogP contribution in [-0.2, 0) is 0 Å². The van der Waals surface area contributed by atoms with E-state index in [2.05, 4.69) is 24.1 Å². The molecule has 1 fully saturated rings. The first-order valence-corrected chi connectivity index (χ1v) is 6.56. The highest BCUT2D eigenvalue weighted by Gasteiger charge is 2.31. The zero-order chi connectivity index (χ0) is 12.3. The van der Waals surface area contributed by atoms with Crippen molar-refractivity contribution in [1.82, 2.24) is 10.3 Å². The Morgan fingerprint density at radius 1 is 1.47 bits per heavy atom. The zero-order valence-corrected chi connectivity index (χ0v) is 10.6. The van der Waals surface area contributed by atoms with Crippen LogP contribution in [0.5, 0.6) is 0 Å². The smallest absolute Gasteiger partial charge is 0.141 e. The van der Waals surface area contributed by atoms with Crippen LogP contribution < -0.4 is 5.32 Å². The van der Waals surface area contributed by atoms with Crippen molar-refractivity contribution in [2.24, 2.45) is 11.8 Å². The standard InChI is InChI=1S/C14H21FN2/c1-3-17-14(13-6-4-5-10(13)2)11-7-12(15)9-16-8-11/h7-10,13-14,17H,3-6H2,1-2H3. The summed E-state index contributed by atoms with van der Waals surface area (Å²) in [5.74, 6) is 1.08. The molecule has 0 aliphatic heterocycles. The largest absolute Gasteiger partial charge is 0.310 e. The van der Waals surface area contributed by atoms with Crippen molar-refractivity contribution in [3.8, 4) is 0 Å². The van der Waals surface area contributed by atoms with Crippen molar-refractivity contribution in [1.29, 1.82) is 0 Å². The molecule has 1 heterocycles. The SMILES string of the molecule is CCNC(c1cncc(F)c1)C1CCCC1C. The highest BCUT2D eigenvalue weighted by molar-refractivity contribution is 5.17. The molecule has 3 atom stereocenters. The third kappa shape index (κ3) is 2.83. The third-order valence-electron chi connectivity index (χ3n) is 3.87. The van der Waals surface area contributed by atoms with E-state index < -0.39 is 0 Å². The first-order chi connectivity index (χ1) is 8.22. The minimum Gasteiger partial charge on any atom is -0.310 e. The van der Waals surface area contributed by atoms with Crippen molar-refractivity contribution in [3.63, 3.8) is 0 Å². The fourth-order valence-electron chi connectivity index (χ4n) is 3.00. The summed E-state index contributed by atoms with van der Waals surface area (Å²) in [5.41, 5.74) is 0.991. The van der Waals surface area contributed by atoms with Crippen LogP contribution in [0, 0.1) is 17.7 Å². The molecule has 1 aliphatic carbocycles. The topological polar surface area (TPSA) is 24.9 Å². The van der Waals surface area contributed by atoms with Crippen LogP contribution >= 0.6 is 0 Å². The third-order valence-corrected chi connectivity index (χ3v) is 3.87. The molecular formula is C14H21FN2. The van der Waals surface area contributed by atoms with Gasteiger partial charge >= 0.3 is 0 Å². The van der Waals surface area contributed by atoms with E-state index in [0.717, 1.165) is 12.1 Å². The number of nitrogens with one attached hydrogen (secondary N) is 1. The number of aromatic nitrogens is 1. The fourth-order valence-corrected chi connectivity index (χ4v) is 3.00. The summed E-state index contributed by atoms with van der Waals surface area (Å²) in [5, 5.41) is 3.49. The second kappa shape index (κ2) is 5.58. The average molecular weight is 236 g/mol. The summed E-state index contributed by atoms with van der Waals surface area (Å²) in [6.07, 6.45) is 6.87. The van der Waals surface area contributed by atoms with Crippen LogP contribution in [0.25, 0.3) is 0 Å². The van der Waals surface area contributed by atoms with E-state index in [0.29, 0.717) is 11.8 Å². The maximum absolute atomic E-state index is 13.3. The minimum absolute atomic E-state index is 0.240. The fraction of sp³-hybridized carbons (Fsp3) is 0.643. The molecule has 1 aromatic heterocycles. The summed E-state index contributed by atoms with van der Waals surface area (Å²) in [7, 11) is 0. The summed E-state index contributed by atoms with van der Waals surface area (Å²) >= 11 is 0. The highest BCUT2D eigenvalue weighted by Crippen LogP contribution is 2.39. The van der Waals surface area contributed by atoms with E-state index in [1.165, 1.54) is 25.5 Å². The van der Waals surface area contributed by atoms with E-state index in [4.69, 9.17) is 0 Å². The predicted molar refractivity (Wildman–Crippen MR) is 67.1 cm³/mol. The minimum atomic E-state index is -0.240. The van der Waals surface area contributed by atoms with Crippen molar-refractivity contribution in [2.75, 3.05) is 6.54 Å². The van der Waals surface area contributed by atoms with E-state index in [9.17, 15) is 4.39 Å². The van der Waals surface area contributed by atoms with Gasteiger partial charge in [0.1, 0.15) is 5.82 Å².